The molecule has 1 heterocycles. The predicted octanol–water partition coefficient (Wildman–Crippen LogP) is 2.21. The number of rotatable bonds is 3. The first-order chi connectivity index (χ1) is 6.59. The lowest BCUT2D eigenvalue weighted by atomic mass is 10.1. The standard InChI is InChI=1S/C10H13FN2O/c1-7(2)6-9(14)13-8-4-3-5-12-10(8)11/h3-5,7H,6H2,1-2H3,(H,13,14). The number of aromatic nitrogens is 1. The summed E-state index contributed by atoms with van der Waals surface area (Å²) in [6, 6.07) is 3.06. The van der Waals surface area contributed by atoms with Crippen LogP contribution in [-0.4, -0.2) is 10.9 Å². The fourth-order valence-corrected chi connectivity index (χ4v) is 1.05. The summed E-state index contributed by atoms with van der Waals surface area (Å²) in [5.74, 6) is -0.578. The van der Waals surface area contributed by atoms with Gasteiger partial charge in [-0.05, 0) is 18.1 Å². The van der Waals surface area contributed by atoms with Gasteiger partial charge in [-0.25, -0.2) is 4.98 Å². The maximum absolute atomic E-state index is 13.0. The molecule has 0 aliphatic heterocycles. The van der Waals surface area contributed by atoms with Crippen LogP contribution in [0, 0.1) is 11.9 Å². The summed E-state index contributed by atoms with van der Waals surface area (Å²) in [6.07, 6.45) is 1.72. The van der Waals surface area contributed by atoms with Crippen molar-refractivity contribution >= 4 is 11.6 Å². The van der Waals surface area contributed by atoms with Gasteiger partial charge >= 0.3 is 0 Å². The Morgan fingerprint density at radius 2 is 2.36 bits per heavy atom. The van der Waals surface area contributed by atoms with Gasteiger partial charge in [0.15, 0.2) is 0 Å². The van der Waals surface area contributed by atoms with Gasteiger partial charge in [0.05, 0.1) is 5.69 Å². The van der Waals surface area contributed by atoms with Crippen LogP contribution in [0.1, 0.15) is 20.3 Å². The minimum Gasteiger partial charge on any atom is -0.322 e. The molecule has 1 aromatic rings. The van der Waals surface area contributed by atoms with E-state index in [1.54, 1.807) is 6.07 Å². The second kappa shape index (κ2) is 4.69. The lowest BCUT2D eigenvalue weighted by Gasteiger charge is -2.06. The van der Waals surface area contributed by atoms with Crippen molar-refractivity contribution in [1.29, 1.82) is 0 Å². The van der Waals surface area contributed by atoms with Crippen LogP contribution in [0.5, 0.6) is 0 Å². The fraction of sp³-hybridized carbons (Fsp3) is 0.400. The van der Waals surface area contributed by atoms with Crippen molar-refractivity contribution in [3.8, 4) is 0 Å². The van der Waals surface area contributed by atoms with E-state index in [-0.39, 0.29) is 17.5 Å². The van der Waals surface area contributed by atoms with E-state index < -0.39 is 5.95 Å². The van der Waals surface area contributed by atoms with Crippen LogP contribution in [0.2, 0.25) is 0 Å². The monoisotopic (exact) mass is 196 g/mol. The molecule has 1 aromatic heterocycles. The number of pyridine rings is 1. The summed E-state index contributed by atoms with van der Waals surface area (Å²) in [5.41, 5.74) is 0.137. The molecule has 1 N–H and O–H groups in total. The highest BCUT2D eigenvalue weighted by Gasteiger charge is 2.08. The van der Waals surface area contributed by atoms with Gasteiger partial charge in [0.2, 0.25) is 11.9 Å². The molecule has 0 aliphatic rings. The zero-order valence-electron chi connectivity index (χ0n) is 8.25. The van der Waals surface area contributed by atoms with Gasteiger partial charge in [0, 0.05) is 12.6 Å². The van der Waals surface area contributed by atoms with Crippen molar-refractivity contribution in [3.05, 3.63) is 24.3 Å². The largest absolute Gasteiger partial charge is 0.322 e. The van der Waals surface area contributed by atoms with Gasteiger partial charge in [-0.15, -0.1) is 0 Å². The quantitative estimate of drug-likeness (QED) is 0.753. The summed E-state index contributed by atoms with van der Waals surface area (Å²) in [4.78, 5) is 14.7. The number of hydrogen-bond acceptors (Lipinski definition) is 2. The summed E-state index contributed by atoms with van der Waals surface area (Å²) in [7, 11) is 0. The van der Waals surface area contributed by atoms with E-state index in [1.807, 2.05) is 13.8 Å². The molecule has 0 aromatic carbocycles. The average molecular weight is 196 g/mol. The smallest absolute Gasteiger partial charge is 0.236 e. The van der Waals surface area contributed by atoms with Crippen LogP contribution < -0.4 is 5.32 Å². The Morgan fingerprint density at radius 3 is 2.93 bits per heavy atom. The molecule has 0 bridgehead atoms. The van der Waals surface area contributed by atoms with E-state index in [1.165, 1.54) is 12.3 Å². The first kappa shape index (κ1) is 10.6. The van der Waals surface area contributed by atoms with Crippen LogP contribution in [0.3, 0.4) is 0 Å². The van der Waals surface area contributed by atoms with Gasteiger partial charge in [-0.2, -0.15) is 4.39 Å². The second-order valence-corrected chi connectivity index (χ2v) is 3.49. The topological polar surface area (TPSA) is 42.0 Å². The van der Waals surface area contributed by atoms with Crippen LogP contribution in [-0.2, 0) is 4.79 Å². The molecular formula is C10H13FN2O. The molecule has 3 nitrogen and oxygen atoms in total. The SMILES string of the molecule is CC(C)CC(=O)Nc1cccnc1F. The fourth-order valence-electron chi connectivity index (χ4n) is 1.05. The number of hydrogen-bond donors (Lipinski definition) is 1. The van der Waals surface area contributed by atoms with E-state index in [0.29, 0.717) is 6.42 Å². The molecule has 4 heteroatoms. The highest BCUT2D eigenvalue weighted by molar-refractivity contribution is 5.90. The highest BCUT2D eigenvalue weighted by atomic mass is 19.1. The van der Waals surface area contributed by atoms with Crippen molar-refractivity contribution in [2.24, 2.45) is 5.92 Å². The molecule has 0 aliphatic carbocycles. The molecule has 1 amide bonds. The van der Waals surface area contributed by atoms with Crippen molar-refractivity contribution in [3.63, 3.8) is 0 Å². The second-order valence-electron chi connectivity index (χ2n) is 3.49. The van der Waals surface area contributed by atoms with E-state index in [9.17, 15) is 9.18 Å². The zero-order chi connectivity index (χ0) is 10.6. The Balaban J connectivity index is 2.61. The summed E-state index contributed by atoms with van der Waals surface area (Å²) in [6.45, 7) is 3.86. The third kappa shape index (κ3) is 3.12. The van der Waals surface area contributed by atoms with Crippen molar-refractivity contribution in [1.82, 2.24) is 4.98 Å². The molecule has 14 heavy (non-hydrogen) atoms. The number of carbonyl (C=O) groups is 1. The Hall–Kier alpha value is -1.45. The maximum Gasteiger partial charge on any atom is 0.236 e. The Kier molecular flexibility index (Phi) is 3.56. The van der Waals surface area contributed by atoms with Crippen LogP contribution >= 0.6 is 0 Å². The molecular weight excluding hydrogens is 183 g/mol. The number of amides is 1. The number of nitrogens with one attached hydrogen (secondary N) is 1. The number of halogens is 1. The van der Waals surface area contributed by atoms with Gasteiger partial charge in [-0.3, -0.25) is 4.79 Å². The van der Waals surface area contributed by atoms with Crippen molar-refractivity contribution < 1.29 is 9.18 Å². The maximum atomic E-state index is 13.0. The first-order valence-corrected chi connectivity index (χ1v) is 4.50. The molecule has 0 saturated carbocycles. The third-order valence-electron chi connectivity index (χ3n) is 1.63. The Bertz CT molecular complexity index is 326. The van der Waals surface area contributed by atoms with Crippen LogP contribution in [0.4, 0.5) is 10.1 Å². The summed E-state index contributed by atoms with van der Waals surface area (Å²) in [5, 5.41) is 2.47. The predicted molar refractivity (Wildman–Crippen MR) is 52.3 cm³/mol. The molecule has 0 unspecified atom stereocenters. The van der Waals surface area contributed by atoms with Crippen LogP contribution in [0.15, 0.2) is 18.3 Å². The van der Waals surface area contributed by atoms with E-state index >= 15 is 0 Å². The minimum absolute atomic E-state index is 0.137. The lowest BCUT2D eigenvalue weighted by molar-refractivity contribution is -0.116. The summed E-state index contributed by atoms with van der Waals surface area (Å²) < 4.78 is 13.0. The number of nitrogens with zero attached hydrogens (tertiary/aromatic N) is 1. The van der Waals surface area contributed by atoms with E-state index in [2.05, 4.69) is 10.3 Å². The molecule has 76 valence electrons. The number of carbonyl (C=O) groups excluding carboxylic acids is 1. The van der Waals surface area contributed by atoms with Crippen LogP contribution in [0.25, 0.3) is 0 Å². The van der Waals surface area contributed by atoms with E-state index in [4.69, 9.17) is 0 Å². The Labute approximate surface area is 82.4 Å². The summed E-state index contributed by atoms with van der Waals surface area (Å²) >= 11 is 0. The molecule has 0 spiro atoms. The molecule has 0 radical (unpaired) electrons. The van der Waals surface area contributed by atoms with Gasteiger partial charge in [-0.1, -0.05) is 13.8 Å². The molecule has 1 rings (SSSR count). The lowest BCUT2D eigenvalue weighted by Crippen LogP contribution is -2.15. The normalized spacial score (nSPS) is 10.3. The number of anilines is 1. The Morgan fingerprint density at radius 1 is 1.64 bits per heavy atom. The third-order valence-corrected chi connectivity index (χ3v) is 1.63. The average Bonchev–Trinajstić information content (AvgIpc) is 2.07. The minimum atomic E-state index is -0.649. The van der Waals surface area contributed by atoms with Gasteiger partial charge in [0.25, 0.3) is 0 Å². The molecule has 0 fully saturated rings. The highest BCUT2D eigenvalue weighted by Crippen LogP contribution is 2.11. The zero-order valence-corrected chi connectivity index (χ0v) is 8.25. The van der Waals surface area contributed by atoms with Crippen molar-refractivity contribution in [2.75, 3.05) is 5.32 Å². The van der Waals surface area contributed by atoms with Gasteiger partial charge < -0.3 is 5.32 Å². The van der Waals surface area contributed by atoms with Crippen molar-refractivity contribution in [2.45, 2.75) is 20.3 Å². The van der Waals surface area contributed by atoms with E-state index in [0.717, 1.165) is 0 Å². The van der Waals surface area contributed by atoms with Gasteiger partial charge in [0.1, 0.15) is 0 Å². The molecule has 0 atom stereocenters. The molecule has 0 saturated heterocycles. The first-order valence-electron chi connectivity index (χ1n) is 4.50.